The smallest absolute Gasteiger partial charge is 0.343 e. The molecule has 144 valence electrons. The van der Waals surface area contributed by atoms with E-state index in [1.807, 2.05) is 24.3 Å². The molecule has 1 aromatic heterocycles. The number of nitrogens with zero attached hydrogens (tertiary/aromatic N) is 2. The largest absolute Gasteiger partial charge is 0.491 e. The second kappa shape index (κ2) is 9.28. The van der Waals surface area contributed by atoms with Crippen LogP contribution in [0.15, 0.2) is 34.2 Å². The normalized spacial score (nSPS) is 13.0. The highest BCUT2D eigenvalue weighted by Gasteiger charge is 2.19. The lowest BCUT2D eigenvalue weighted by Crippen LogP contribution is -2.23. The number of ether oxygens (including phenoxy) is 1. The van der Waals surface area contributed by atoms with Gasteiger partial charge >= 0.3 is 5.69 Å². The quantitative estimate of drug-likeness (QED) is 0.654. The Bertz CT molecular complexity index is 749. The van der Waals surface area contributed by atoms with E-state index >= 15 is 0 Å². The first-order valence-corrected chi connectivity index (χ1v) is 10.00. The summed E-state index contributed by atoms with van der Waals surface area (Å²) in [5.41, 5.74) is 0.882. The Morgan fingerprint density at radius 3 is 2.77 bits per heavy atom. The van der Waals surface area contributed by atoms with E-state index in [9.17, 15) is 9.90 Å². The molecule has 0 amide bonds. The molecule has 1 atom stereocenters. The van der Waals surface area contributed by atoms with Gasteiger partial charge in [-0.05, 0) is 23.5 Å². The third kappa shape index (κ3) is 5.64. The number of hydrogen-bond donors (Lipinski definition) is 2. The van der Waals surface area contributed by atoms with Crippen molar-refractivity contribution in [1.29, 1.82) is 0 Å². The molecule has 0 radical (unpaired) electrons. The standard InChI is InChI=1S/C19H29N3O3S/c1-5-6-11-22-17(24)20-21-18(22)26-13-14(23)12-25-16-10-8-7-9-15(16)19(2,3)4/h7-10,14,23H,5-6,11-13H2,1-4H3,(H,20,24). The first kappa shape index (κ1) is 20.6. The number of benzene rings is 1. The molecule has 0 spiro atoms. The number of aromatic amines is 1. The zero-order valence-corrected chi connectivity index (χ0v) is 16.8. The molecule has 0 aliphatic rings. The molecule has 0 bridgehead atoms. The van der Waals surface area contributed by atoms with Crippen LogP contribution in [0.1, 0.15) is 46.1 Å². The van der Waals surface area contributed by atoms with Crippen LogP contribution in [0, 0.1) is 0 Å². The maximum Gasteiger partial charge on any atom is 0.343 e. The van der Waals surface area contributed by atoms with E-state index < -0.39 is 6.10 Å². The van der Waals surface area contributed by atoms with Gasteiger partial charge in [-0.15, -0.1) is 5.10 Å². The van der Waals surface area contributed by atoms with Crippen molar-refractivity contribution in [1.82, 2.24) is 14.8 Å². The number of hydrogen-bond acceptors (Lipinski definition) is 5. The SMILES string of the molecule is CCCCn1c(SCC(O)COc2ccccc2C(C)(C)C)n[nH]c1=O. The Hall–Kier alpha value is -1.73. The molecule has 2 rings (SSSR count). The number of aromatic nitrogens is 3. The molecular weight excluding hydrogens is 350 g/mol. The Labute approximate surface area is 159 Å². The summed E-state index contributed by atoms with van der Waals surface area (Å²) in [6.45, 7) is 9.32. The molecule has 1 heterocycles. The van der Waals surface area contributed by atoms with Crippen LogP contribution in [0.3, 0.4) is 0 Å². The highest BCUT2D eigenvalue weighted by Crippen LogP contribution is 2.31. The first-order chi connectivity index (χ1) is 12.3. The summed E-state index contributed by atoms with van der Waals surface area (Å²) in [6.07, 6.45) is 1.27. The Morgan fingerprint density at radius 2 is 2.08 bits per heavy atom. The van der Waals surface area contributed by atoms with Crippen molar-refractivity contribution in [2.24, 2.45) is 0 Å². The molecule has 0 saturated heterocycles. The number of rotatable bonds is 9. The van der Waals surface area contributed by atoms with Gasteiger partial charge in [0, 0.05) is 12.3 Å². The lowest BCUT2D eigenvalue weighted by Gasteiger charge is -2.23. The molecular formula is C19H29N3O3S. The van der Waals surface area contributed by atoms with Gasteiger partial charge in [0.1, 0.15) is 12.4 Å². The topological polar surface area (TPSA) is 80.1 Å². The summed E-state index contributed by atoms with van der Waals surface area (Å²) >= 11 is 1.36. The lowest BCUT2D eigenvalue weighted by atomic mass is 9.86. The van der Waals surface area contributed by atoms with E-state index in [1.165, 1.54) is 11.8 Å². The van der Waals surface area contributed by atoms with Crippen LogP contribution < -0.4 is 10.4 Å². The van der Waals surface area contributed by atoms with Gasteiger partial charge in [-0.2, -0.15) is 0 Å². The minimum Gasteiger partial charge on any atom is -0.491 e. The van der Waals surface area contributed by atoms with Gasteiger partial charge < -0.3 is 9.84 Å². The van der Waals surface area contributed by atoms with Crippen molar-refractivity contribution in [3.05, 3.63) is 40.3 Å². The zero-order chi connectivity index (χ0) is 19.2. The molecule has 1 aromatic carbocycles. The minimum absolute atomic E-state index is 0.0271. The number of aliphatic hydroxyl groups is 1. The molecule has 0 aliphatic heterocycles. The van der Waals surface area contributed by atoms with Gasteiger partial charge in [0.05, 0.1) is 6.10 Å². The van der Waals surface area contributed by atoms with Gasteiger partial charge in [-0.25, -0.2) is 9.89 Å². The highest BCUT2D eigenvalue weighted by molar-refractivity contribution is 7.99. The summed E-state index contributed by atoms with van der Waals surface area (Å²) in [6, 6.07) is 7.90. The fourth-order valence-electron chi connectivity index (χ4n) is 2.54. The maximum atomic E-state index is 11.8. The van der Waals surface area contributed by atoms with Crippen molar-refractivity contribution in [3.63, 3.8) is 0 Å². The Balaban J connectivity index is 1.91. The van der Waals surface area contributed by atoms with E-state index in [4.69, 9.17) is 4.74 Å². The van der Waals surface area contributed by atoms with Crippen LogP contribution >= 0.6 is 11.8 Å². The number of thioether (sulfide) groups is 1. The van der Waals surface area contributed by atoms with Gasteiger partial charge in [-0.3, -0.25) is 4.57 Å². The van der Waals surface area contributed by atoms with Crippen molar-refractivity contribution in [3.8, 4) is 5.75 Å². The van der Waals surface area contributed by atoms with Gasteiger partial charge in [0.2, 0.25) is 0 Å². The summed E-state index contributed by atoms with van der Waals surface area (Å²) in [5.74, 6) is 1.21. The third-order valence-electron chi connectivity index (χ3n) is 3.99. The number of nitrogens with one attached hydrogen (secondary N) is 1. The van der Waals surface area contributed by atoms with E-state index in [2.05, 4.69) is 37.9 Å². The fraction of sp³-hybridized carbons (Fsp3) is 0.579. The predicted octanol–water partition coefficient (Wildman–Crippen LogP) is 3.20. The lowest BCUT2D eigenvalue weighted by molar-refractivity contribution is 0.125. The van der Waals surface area contributed by atoms with Crippen molar-refractivity contribution in [2.45, 2.75) is 63.8 Å². The van der Waals surface area contributed by atoms with Gasteiger partial charge in [0.15, 0.2) is 5.16 Å². The van der Waals surface area contributed by atoms with Crippen LogP contribution in [0.5, 0.6) is 5.75 Å². The maximum absolute atomic E-state index is 11.8. The van der Waals surface area contributed by atoms with Crippen molar-refractivity contribution in [2.75, 3.05) is 12.4 Å². The Kier molecular flexibility index (Phi) is 7.34. The number of para-hydroxylation sites is 1. The molecule has 0 fully saturated rings. The van der Waals surface area contributed by atoms with Gasteiger partial charge in [-0.1, -0.05) is 64.1 Å². The molecule has 1 unspecified atom stereocenters. The minimum atomic E-state index is -0.653. The second-order valence-corrected chi connectivity index (χ2v) is 8.33. The molecule has 0 aliphatic carbocycles. The summed E-state index contributed by atoms with van der Waals surface area (Å²) in [7, 11) is 0. The number of aliphatic hydroxyl groups excluding tert-OH is 1. The van der Waals surface area contributed by atoms with Crippen molar-refractivity contribution < 1.29 is 9.84 Å². The molecule has 7 heteroatoms. The van der Waals surface area contributed by atoms with Crippen LogP contribution in [0.2, 0.25) is 0 Å². The molecule has 26 heavy (non-hydrogen) atoms. The van der Waals surface area contributed by atoms with E-state index in [1.54, 1.807) is 4.57 Å². The average Bonchev–Trinajstić information content (AvgIpc) is 2.95. The summed E-state index contributed by atoms with van der Waals surface area (Å²) in [5, 5.41) is 17.4. The second-order valence-electron chi connectivity index (χ2n) is 7.34. The average molecular weight is 380 g/mol. The highest BCUT2D eigenvalue weighted by atomic mass is 32.2. The van der Waals surface area contributed by atoms with E-state index in [0.29, 0.717) is 17.5 Å². The van der Waals surface area contributed by atoms with Crippen molar-refractivity contribution >= 4 is 11.8 Å². The zero-order valence-electron chi connectivity index (χ0n) is 16.0. The van der Waals surface area contributed by atoms with E-state index in [0.717, 1.165) is 24.2 Å². The first-order valence-electron chi connectivity index (χ1n) is 9.01. The molecule has 0 saturated carbocycles. The molecule has 2 N–H and O–H groups in total. The Morgan fingerprint density at radius 1 is 1.35 bits per heavy atom. The van der Waals surface area contributed by atoms with Crippen LogP contribution in [0.4, 0.5) is 0 Å². The predicted molar refractivity (Wildman–Crippen MR) is 105 cm³/mol. The number of unbranched alkanes of at least 4 members (excludes halogenated alkanes) is 1. The monoisotopic (exact) mass is 379 g/mol. The molecule has 2 aromatic rings. The van der Waals surface area contributed by atoms with Gasteiger partial charge in [0.25, 0.3) is 0 Å². The molecule has 6 nitrogen and oxygen atoms in total. The summed E-state index contributed by atoms with van der Waals surface area (Å²) < 4.78 is 7.48. The van der Waals surface area contributed by atoms with Crippen LogP contribution in [0.25, 0.3) is 0 Å². The summed E-state index contributed by atoms with van der Waals surface area (Å²) in [4.78, 5) is 11.8. The van der Waals surface area contributed by atoms with Crippen LogP contribution in [-0.4, -0.2) is 38.3 Å². The fourth-order valence-corrected chi connectivity index (χ4v) is 3.42. The number of H-pyrrole nitrogens is 1. The third-order valence-corrected chi connectivity index (χ3v) is 5.11. The van der Waals surface area contributed by atoms with Crippen LogP contribution in [-0.2, 0) is 12.0 Å². The van der Waals surface area contributed by atoms with E-state index in [-0.39, 0.29) is 17.7 Å².